The lowest BCUT2D eigenvalue weighted by atomic mass is 9.98. The van der Waals surface area contributed by atoms with Crippen LogP contribution in [0.3, 0.4) is 0 Å². The first kappa shape index (κ1) is 25.0. The molecule has 2 amide bonds. The van der Waals surface area contributed by atoms with Crippen molar-refractivity contribution < 1.29 is 24.2 Å². The first-order chi connectivity index (χ1) is 16.3. The topological polar surface area (TPSA) is 95.9 Å². The van der Waals surface area contributed by atoms with Crippen molar-refractivity contribution in [2.24, 2.45) is 5.92 Å². The van der Waals surface area contributed by atoms with Gasteiger partial charge in [-0.1, -0.05) is 68.5 Å². The highest BCUT2D eigenvalue weighted by molar-refractivity contribution is 5.88. The van der Waals surface area contributed by atoms with Crippen LogP contribution in [0.15, 0.2) is 61.2 Å². The predicted octanol–water partition coefficient (Wildman–Crippen LogP) is 4.43. The van der Waals surface area contributed by atoms with Crippen LogP contribution in [0.25, 0.3) is 11.1 Å². The number of nitrogens with zero attached hydrogens (tertiary/aromatic N) is 1. The zero-order chi connectivity index (χ0) is 24.7. The quantitative estimate of drug-likeness (QED) is 0.480. The Balaban J connectivity index is 1.70. The molecule has 0 fully saturated rings. The average Bonchev–Trinajstić information content (AvgIpc) is 3.12. The Hall–Kier alpha value is -3.61. The van der Waals surface area contributed by atoms with Crippen molar-refractivity contribution in [3.63, 3.8) is 0 Å². The van der Waals surface area contributed by atoms with Gasteiger partial charge in [0.2, 0.25) is 5.91 Å². The number of carbonyl (C=O) groups is 3. The van der Waals surface area contributed by atoms with Crippen LogP contribution in [-0.4, -0.2) is 53.7 Å². The number of hydrogen-bond acceptors (Lipinski definition) is 4. The molecule has 0 heterocycles. The van der Waals surface area contributed by atoms with E-state index in [4.69, 9.17) is 4.74 Å². The van der Waals surface area contributed by atoms with Gasteiger partial charge in [0.15, 0.2) is 0 Å². The number of carboxylic acid groups (broad SMARTS) is 1. The molecule has 0 bridgehead atoms. The third-order valence-corrected chi connectivity index (χ3v) is 5.82. The number of carbonyl (C=O) groups excluding carboxylic acids is 2. The van der Waals surface area contributed by atoms with Crippen molar-refractivity contribution in [3.8, 4) is 11.1 Å². The SMILES string of the molecule is C=CCCC(NC(=O)OCC1c2ccccc2-c2ccccc21)C(=O)N(CC(=O)O)CC(C)C. The van der Waals surface area contributed by atoms with Crippen molar-refractivity contribution >= 4 is 18.0 Å². The van der Waals surface area contributed by atoms with Gasteiger partial charge in [-0.3, -0.25) is 9.59 Å². The second kappa shape index (κ2) is 11.5. The van der Waals surface area contributed by atoms with Gasteiger partial charge in [0.1, 0.15) is 19.2 Å². The Labute approximate surface area is 200 Å². The summed E-state index contributed by atoms with van der Waals surface area (Å²) in [6.45, 7) is 7.48. The number of aliphatic carboxylic acids is 1. The average molecular weight is 465 g/mol. The molecule has 0 saturated carbocycles. The first-order valence-corrected chi connectivity index (χ1v) is 11.5. The van der Waals surface area contributed by atoms with E-state index in [9.17, 15) is 19.5 Å². The molecule has 0 aliphatic heterocycles. The van der Waals surface area contributed by atoms with Crippen molar-refractivity contribution in [3.05, 3.63) is 72.3 Å². The van der Waals surface area contributed by atoms with E-state index in [-0.39, 0.29) is 25.0 Å². The van der Waals surface area contributed by atoms with Crippen LogP contribution in [0, 0.1) is 5.92 Å². The number of amides is 2. The van der Waals surface area contributed by atoms with E-state index < -0.39 is 30.6 Å². The summed E-state index contributed by atoms with van der Waals surface area (Å²) in [6.07, 6.45) is 1.75. The summed E-state index contributed by atoms with van der Waals surface area (Å²) < 4.78 is 5.58. The van der Waals surface area contributed by atoms with E-state index in [1.165, 1.54) is 4.90 Å². The molecule has 2 aromatic rings. The molecule has 0 radical (unpaired) electrons. The smallest absolute Gasteiger partial charge is 0.407 e. The highest BCUT2D eigenvalue weighted by atomic mass is 16.5. The third-order valence-electron chi connectivity index (χ3n) is 5.82. The molecule has 7 nitrogen and oxygen atoms in total. The lowest BCUT2D eigenvalue weighted by molar-refractivity contribution is -0.145. The molecule has 7 heteroatoms. The molecule has 1 atom stereocenters. The maximum atomic E-state index is 13.1. The Bertz CT molecular complexity index is 1000. The monoisotopic (exact) mass is 464 g/mol. The second-order valence-corrected chi connectivity index (χ2v) is 8.89. The van der Waals surface area contributed by atoms with Crippen LogP contribution >= 0.6 is 0 Å². The predicted molar refractivity (Wildman–Crippen MR) is 130 cm³/mol. The van der Waals surface area contributed by atoms with Crippen LogP contribution in [-0.2, 0) is 14.3 Å². The normalized spacial score (nSPS) is 13.0. The van der Waals surface area contributed by atoms with Crippen molar-refractivity contribution in [1.82, 2.24) is 10.2 Å². The Morgan fingerprint density at radius 3 is 2.21 bits per heavy atom. The van der Waals surface area contributed by atoms with Crippen molar-refractivity contribution in [2.45, 2.75) is 38.6 Å². The van der Waals surface area contributed by atoms with Gasteiger partial charge >= 0.3 is 12.1 Å². The van der Waals surface area contributed by atoms with Crippen LogP contribution in [0.1, 0.15) is 43.7 Å². The van der Waals surface area contributed by atoms with E-state index in [1.54, 1.807) is 6.08 Å². The van der Waals surface area contributed by atoms with E-state index in [2.05, 4.69) is 24.0 Å². The van der Waals surface area contributed by atoms with Gasteiger partial charge in [0.05, 0.1) is 0 Å². The number of allylic oxidation sites excluding steroid dienone is 1. The van der Waals surface area contributed by atoms with Crippen LogP contribution < -0.4 is 5.32 Å². The molecule has 2 aromatic carbocycles. The number of ether oxygens (including phenoxy) is 1. The molecular weight excluding hydrogens is 432 g/mol. The summed E-state index contributed by atoms with van der Waals surface area (Å²) in [5.41, 5.74) is 4.45. The molecule has 3 rings (SSSR count). The van der Waals surface area contributed by atoms with Crippen molar-refractivity contribution in [1.29, 1.82) is 0 Å². The molecule has 0 aromatic heterocycles. The molecule has 0 spiro atoms. The fourth-order valence-electron chi connectivity index (χ4n) is 4.38. The molecule has 1 aliphatic carbocycles. The molecule has 34 heavy (non-hydrogen) atoms. The number of hydrogen-bond donors (Lipinski definition) is 2. The summed E-state index contributed by atoms with van der Waals surface area (Å²) in [5.74, 6) is -1.55. The Morgan fingerprint density at radius 2 is 1.68 bits per heavy atom. The number of rotatable bonds is 11. The van der Waals surface area contributed by atoms with E-state index in [0.29, 0.717) is 12.8 Å². The summed E-state index contributed by atoms with van der Waals surface area (Å²) in [4.78, 5) is 38.4. The van der Waals surface area contributed by atoms with Crippen LogP contribution in [0.4, 0.5) is 4.79 Å². The number of fused-ring (bicyclic) bond motifs is 3. The van der Waals surface area contributed by atoms with Gasteiger partial charge in [-0.25, -0.2) is 4.79 Å². The standard InChI is InChI=1S/C27H32N2O5/c1-4-5-14-24(26(32)29(15-18(2)3)16-25(30)31)28-27(33)34-17-23-21-12-8-6-10-19(21)20-11-7-9-13-22(20)23/h4,6-13,18,23-24H,1,5,14-17H2,2-3H3,(H,28,33)(H,30,31). The second-order valence-electron chi connectivity index (χ2n) is 8.89. The van der Waals surface area contributed by atoms with Gasteiger partial charge in [-0.05, 0) is 41.0 Å². The molecule has 180 valence electrons. The number of benzene rings is 2. The highest BCUT2D eigenvalue weighted by Crippen LogP contribution is 2.44. The molecular formula is C27H32N2O5. The van der Waals surface area contributed by atoms with Crippen LogP contribution in [0.2, 0.25) is 0 Å². The van der Waals surface area contributed by atoms with Crippen molar-refractivity contribution in [2.75, 3.05) is 19.7 Å². The summed E-state index contributed by atoms with van der Waals surface area (Å²) in [6, 6.07) is 15.2. The van der Waals surface area contributed by atoms with E-state index in [1.807, 2.05) is 50.2 Å². The highest BCUT2D eigenvalue weighted by Gasteiger charge is 2.31. The number of nitrogens with one attached hydrogen (secondary N) is 1. The van der Waals surface area contributed by atoms with Gasteiger partial charge in [-0.2, -0.15) is 0 Å². The summed E-state index contributed by atoms with van der Waals surface area (Å²) >= 11 is 0. The summed E-state index contributed by atoms with van der Waals surface area (Å²) in [5, 5.41) is 11.9. The molecule has 1 unspecified atom stereocenters. The van der Waals surface area contributed by atoms with Gasteiger partial charge in [0.25, 0.3) is 0 Å². The maximum absolute atomic E-state index is 13.1. The van der Waals surface area contributed by atoms with E-state index >= 15 is 0 Å². The Kier molecular flexibility index (Phi) is 8.46. The minimum atomic E-state index is -1.10. The zero-order valence-electron chi connectivity index (χ0n) is 19.7. The molecule has 0 saturated heterocycles. The van der Waals surface area contributed by atoms with Gasteiger partial charge < -0.3 is 20.1 Å². The molecule has 1 aliphatic rings. The summed E-state index contributed by atoms with van der Waals surface area (Å²) in [7, 11) is 0. The van der Waals surface area contributed by atoms with Crippen LogP contribution in [0.5, 0.6) is 0 Å². The first-order valence-electron chi connectivity index (χ1n) is 11.5. The third kappa shape index (κ3) is 6.04. The Morgan fingerprint density at radius 1 is 1.09 bits per heavy atom. The number of alkyl carbamates (subject to hydrolysis) is 1. The molecule has 2 N–H and O–H groups in total. The van der Waals surface area contributed by atoms with Gasteiger partial charge in [-0.15, -0.1) is 6.58 Å². The van der Waals surface area contributed by atoms with E-state index in [0.717, 1.165) is 22.3 Å². The van der Waals surface area contributed by atoms with Gasteiger partial charge in [0, 0.05) is 12.5 Å². The largest absolute Gasteiger partial charge is 0.480 e. The maximum Gasteiger partial charge on any atom is 0.407 e. The lowest BCUT2D eigenvalue weighted by Gasteiger charge is -2.28. The number of carboxylic acids is 1. The lowest BCUT2D eigenvalue weighted by Crippen LogP contribution is -2.51. The minimum Gasteiger partial charge on any atom is -0.480 e. The fourth-order valence-corrected chi connectivity index (χ4v) is 4.38. The minimum absolute atomic E-state index is 0.0813. The zero-order valence-corrected chi connectivity index (χ0v) is 19.7. The fraction of sp³-hybridized carbons (Fsp3) is 0.370.